The smallest absolute Gasteiger partial charge is 0.124 e. The van der Waals surface area contributed by atoms with Crippen molar-refractivity contribution in [2.75, 3.05) is 14.2 Å². The molecule has 1 atom stereocenters. The van der Waals surface area contributed by atoms with Gasteiger partial charge < -0.3 is 10.1 Å². The van der Waals surface area contributed by atoms with Crippen LogP contribution >= 0.6 is 15.9 Å². The van der Waals surface area contributed by atoms with Gasteiger partial charge in [0.05, 0.1) is 7.11 Å². The van der Waals surface area contributed by atoms with Crippen molar-refractivity contribution >= 4 is 15.9 Å². The van der Waals surface area contributed by atoms with E-state index in [1.54, 1.807) is 7.11 Å². The zero-order chi connectivity index (χ0) is 14.5. The fraction of sp³-hybridized carbons (Fsp3) is 0.294. The second-order valence-corrected chi connectivity index (χ2v) is 5.83. The minimum atomic E-state index is 0.237. The third kappa shape index (κ3) is 3.62. The molecule has 2 nitrogen and oxygen atoms in total. The maximum Gasteiger partial charge on any atom is 0.124 e. The molecule has 0 saturated carbocycles. The van der Waals surface area contributed by atoms with Gasteiger partial charge in [0.1, 0.15) is 5.75 Å². The van der Waals surface area contributed by atoms with Crippen LogP contribution in [0.1, 0.15) is 22.7 Å². The van der Waals surface area contributed by atoms with E-state index in [0.29, 0.717) is 0 Å². The summed E-state index contributed by atoms with van der Waals surface area (Å²) >= 11 is 3.48. The lowest BCUT2D eigenvalue weighted by atomic mass is 9.97. The zero-order valence-corrected chi connectivity index (χ0v) is 13.7. The topological polar surface area (TPSA) is 21.3 Å². The molecule has 106 valence electrons. The van der Waals surface area contributed by atoms with Gasteiger partial charge >= 0.3 is 0 Å². The minimum absolute atomic E-state index is 0.237. The molecular weight excluding hydrogens is 314 g/mol. The van der Waals surface area contributed by atoms with Crippen LogP contribution < -0.4 is 10.1 Å². The quantitative estimate of drug-likeness (QED) is 0.882. The average Bonchev–Trinajstić information content (AvgIpc) is 2.47. The van der Waals surface area contributed by atoms with Gasteiger partial charge in [-0.15, -0.1) is 0 Å². The number of halogens is 1. The first-order chi connectivity index (χ1) is 9.63. The first kappa shape index (κ1) is 15.1. The highest BCUT2D eigenvalue weighted by Crippen LogP contribution is 2.30. The molecule has 0 aliphatic rings. The van der Waals surface area contributed by atoms with E-state index in [1.165, 1.54) is 16.7 Å². The van der Waals surface area contributed by atoms with Crippen molar-refractivity contribution in [1.29, 1.82) is 0 Å². The molecule has 20 heavy (non-hydrogen) atoms. The van der Waals surface area contributed by atoms with E-state index >= 15 is 0 Å². The Morgan fingerprint density at radius 2 is 1.85 bits per heavy atom. The van der Waals surface area contributed by atoms with Gasteiger partial charge in [0.2, 0.25) is 0 Å². The molecule has 0 aliphatic heterocycles. The zero-order valence-electron chi connectivity index (χ0n) is 12.1. The van der Waals surface area contributed by atoms with Crippen LogP contribution in [-0.2, 0) is 6.42 Å². The summed E-state index contributed by atoms with van der Waals surface area (Å²) in [6.07, 6.45) is 0.939. The predicted molar refractivity (Wildman–Crippen MR) is 87.4 cm³/mol. The van der Waals surface area contributed by atoms with E-state index in [9.17, 15) is 0 Å². The van der Waals surface area contributed by atoms with Crippen LogP contribution in [0.25, 0.3) is 0 Å². The largest absolute Gasteiger partial charge is 0.496 e. The average molecular weight is 334 g/mol. The predicted octanol–water partition coefficient (Wildman–Crippen LogP) is 4.27. The molecule has 0 aliphatic carbocycles. The lowest BCUT2D eigenvalue weighted by Crippen LogP contribution is -2.19. The van der Waals surface area contributed by atoms with Crippen molar-refractivity contribution in [1.82, 2.24) is 5.32 Å². The molecule has 2 rings (SSSR count). The Morgan fingerprint density at radius 3 is 2.45 bits per heavy atom. The SMILES string of the molecule is CNC(Cc1ccc(C)cc1)c1ccc(Br)cc1OC. The Balaban J connectivity index is 2.26. The van der Waals surface area contributed by atoms with Crippen molar-refractivity contribution in [3.8, 4) is 5.75 Å². The minimum Gasteiger partial charge on any atom is -0.496 e. The van der Waals surface area contributed by atoms with Crippen molar-refractivity contribution in [2.24, 2.45) is 0 Å². The lowest BCUT2D eigenvalue weighted by Gasteiger charge is -2.20. The van der Waals surface area contributed by atoms with E-state index < -0.39 is 0 Å². The molecule has 0 heterocycles. The molecule has 1 unspecified atom stereocenters. The summed E-state index contributed by atoms with van der Waals surface area (Å²) in [5.74, 6) is 0.908. The lowest BCUT2D eigenvalue weighted by molar-refractivity contribution is 0.401. The molecule has 0 amide bonds. The normalized spacial score (nSPS) is 12.2. The Kier molecular flexibility index (Phi) is 5.21. The first-order valence-corrected chi connectivity index (χ1v) is 7.49. The molecule has 0 radical (unpaired) electrons. The molecule has 0 aromatic heterocycles. The maximum atomic E-state index is 5.50. The molecule has 1 N–H and O–H groups in total. The number of methoxy groups -OCH3 is 1. The van der Waals surface area contributed by atoms with Crippen LogP contribution in [0.15, 0.2) is 46.9 Å². The number of rotatable bonds is 5. The van der Waals surface area contributed by atoms with Crippen LogP contribution in [0.5, 0.6) is 5.75 Å². The number of likely N-dealkylation sites (N-methyl/N-ethyl adjacent to an activating group) is 1. The van der Waals surface area contributed by atoms with Crippen LogP contribution in [0, 0.1) is 6.92 Å². The number of aryl methyl sites for hydroxylation is 1. The van der Waals surface area contributed by atoms with Gasteiger partial charge in [-0.2, -0.15) is 0 Å². The number of ether oxygens (including phenoxy) is 1. The summed E-state index contributed by atoms with van der Waals surface area (Å²) in [7, 11) is 3.70. The monoisotopic (exact) mass is 333 g/mol. The Labute approximate surface area is 129 Å². The van der Waals surface area contributed by atoms with Crippen LogP contribution in [-0.4, -0.2) is 14.2 Å². The third-order valence-corrected chi connectivity index (χ3v) is 3.97. The van der Waals surface area contributed by atoms with Crippen molar-refractivity contribution in [2.45, 2.75) is 19.4 Å². The number of hydrogen-bond donors (Lipinski definition) is 1. The fourth-order valence-electron chi connectivity index (χ4n) is 2.30. The first-order valence-electron chi connectivity index (χ1n) is 6.70. The Bertz CT molecular complexity index is 566. The Morgan fingerprint density at radius 1 is 1.15 bits per heavy atom. The van der Waals surface area contributed by atoms with Gasteiger partial charge in [-0.1, -0.05) is 51.8 Å². The highest BCUT2D eigenvalue weighted by atomic mass is 79.9. The van der Waals surface area contributed by atoms with E-state index in [2.05, 4.69) is 64.6 Å². The third-order valence-electron chi connectivity index (χ3n) is 3.48. The van der Waals surface area contributed by atoms with Gasteiger partial charge in [0.15, 0.2) is 0 Å². The van der Waals surface area contributed by atoms with E-state index in [4.69, 9.17) is 4.74 Å². The summed E-state index contributed by atoms with van der Waals surface area (Å²) in [6, 6.07) is 15.1. The summed E-state index contributed by atoms with van der Waals surface area (Å²) in [5, 5.41) is 3.38. The van der Waals surface area contributed by atoms with Crippen molar-refractivity contribution in [3.63, 3.8) is 0 Å². The molecular formula is C17H20BrNO. The van der Waals surface area contributed by atoms with E-state index in [0.717, 1.165) is 16.6 Å². The number of nitrogens with one attached hydrogen (secondary N) is 1. The highest BCUT2D eigenvalue weighted by molar-refractivity contribution is 9.10. The molecule has 0 spiro atoms. The van der Waals surface area contributed by atoms with Crippen LogP contribution in [0.2, 0.25) is 0 Å². The second kappa shape index (κ2) is 6.91. The van der Waals surface area contributed by atoms with Gasteiger partial charge in [-0.3, -0.25) is 0 Å². The fourth-order valence-corrected chi connectivity index (χ4v) is 2.64. The van der Waals surface area contributed by atoms with Gasteiger partial charge in [0.25, 0.3) is 0 Å². The molecule has 0 bridgehead atoms. The summed E-state index contributed by atoms with van der Waals surface area (Å²) in [4.78, 5) is 0. The summed E-state index contributed by atoms with van der Waals surface area (Å²) in [6.45, 7) is 2.11. The molecule has 0 fully saturated rings. The standard InChI is InChI=1S/C17H20BrNO/c1-12-4-6-13(7-5-12)10-16(19-2)15-9-8-14(18)11-17(15)20-3/h4-9,11,16,19H,10H2,1-3H3. The van der Waals surface area contributed by atoms with Gasteiger partial charge in [-0.05, 0) is 38.1 Å². The van der Waals surface area contributed by atoms with E-state index in [1.807, 2.05) is 13.1 Å². The van der Waals surface area contributed by atoms with Crippen LogP contribution in [0.3, 0.4) is 0 Å². The summed E-state index contributed by atoms with van der Waals surface area (Å²) in [5.41, 5.74) is 3.79. The molecule has 0 saturated heterocycles. The highest BCUT2D eigenvalue weighted by Gasteiger charge is 2.15. The Hall–Kier alpha value is -1.32. The molecule has 3 heteroatoms. The summed E-state index contributed by atoms with van der Waals surface area (Å²) < 4.78 is 6.53. The number of benzene rings is 2. The maximum absolute atomic E-state index is 5.50. The molecule has 2 aromatic rings. The van der Waals surface area contributed by atoms with Crippen molar-refractivity contribution < 1.29 is 4.74 Å². The second-order valence-electron chi connectivity index (χ2n) is 4.92. The van der Waals surface area contributed by atoms with Crippen molar-refractivity contribution in [3.05, 3.63) is 63.6 Å². The van der Waals surface area contributed by atoms with Gasteiger partial charge in [0, 0.05) is 16.1 Å². The van der Waals surface area contributed by atoms with Gasteiger partial charge in [-0.25, -0.2) is 0 Å². The molecule has 2 aromatic carbocycles. The number of hydrogen-bond acceptors (Lipinski definition) is 2. The van der Waals surface area contributed by atoms with E-state index in [-0.39, 0.29) is 6.04 Å². The van der Waals surface area contributed by atoms with Crippen LogP contribution in [0.4, 0.5) is 0 Å².